The van der Waals surface area contributed by atoms with E-state index in [4.69, 9.17) is 5.11 Å². The molecule has 3 fully saturated rings. The van der Waals surface area contributed by atoms with Crippen LogP contribution in [0.2, 0.25) is 0 Å². The first kappa shape index (κ1) is 8.55. The normalized spacial score (nSPS) is 40.2. The molecule has 0 spiro atoms. The Morgan fingerprint density at radius 3 is 2.33 bits per heavy atom. The van der Waals surface area contributed by atoms with Crippen LogP contribution in [0.4, 0.5) is 0 Å². The van der Waals surface area contributed by atoms with Crippen LogP contribution in [-0.4, -0.2) is 11.7 Å². The van der Waals surface area contributed by atoms with E-state index in [0.717, 1.165) is 24.2 Å². The minimum Gasteiger partial charge on any atom is -0.396 e. The van der Waals surface area contributed by atoms with Crippen molar-refractivity contribution < 1.29 is 5.11 Å². The molecule has 3 rings (SSSR count). The van der Waals surface area contributed by atoms with Crippen LogP contribution in [0.1, 0.15) is 44.9 Å². The predicted octanol–water partition coefficient (Wildman–Crippen LogP) is 2.59. The van der Waals surface area contributed by atoms with Gasteiger partial charge >= 0.3 is 0 Å². The third-order valence-corrected chi connectivity index (χ3v) is 3.93. The fourth-order valence-electron chi connectivity index (χ4n) is 3.22. The van der Waals surface area contributed by atoms with Crippen LogP contribution in [0.5, 0.6) is 0 Å². The second kappa shape index (κ2) is 3.78. The Bertz CT molecular complexity index is 136. The molecule has 0 aromatic heterocycles. The Hall–Kier alpha value is -0.0400. The molecule has 1 N–H and O–H groups in total. The lowest BCUT2D eigenvalue weighted by atomic mass is 9.63. The fourth-order valence-corrected chi connectivity index (χ4v) is 3.22. The maximum Gasteiger partial charge on any atom is 0.0431 e. The molecule has 0 saturated heterocycles. The van der Waals surface area contributed by atoms with E-state index in [1.807, 2.05) is 0 Å². The molecule has 1 nitrogen and oxygen atoms in total. The van der Waals surface area contributed by atoms with Gasteiger partial charge in [0.2, 0.25) is 0 Å². The third kappa shape index (κ3) is 1.66. The van der Waals surface area contributed by atoms with Crippen LogP contribution in [0, 0.1) is 17.8 Å². The van der Waals surface area contributed by atoms with Gasteiger partial charge in [-0.1, -0.05) is 12.8 Å². The van der Waals surface area contributed by atoms with Gasteiger partial charge in [-0.15, -0.1) is 0 Å². The van der Waals surface area contributed by atoms with E-state index in [9.17, 15) is 0 Å². The van der Waals surface area contributed by atoms with Crippen molar-refractivity contribution >= 4 is 0 Å². The molecule has 0 aromatic carbocycles. The summed E-state index contributed by atoms with van der Waals surface area (Å²) in [5.74, 6) is 3.06. The van der Waals surface area contributed by atoms with Gasteiger partial charge in [-0.3, -0.25) is 0 Å². The monoisotopic (exact) mass is 168 g/mol. The third-order valence-electron chi connectivity index (χ3n) is 3.93. The quantitative estimate of drug-likeness (QED) is 0.686. The molecule has 1 heteroatoms. The second-order valence-corrected chi connectivity index (χ2v) is 4.64. The minimum atomic E-state index is 0.397. The van der Waals surface area contributed by atoms with Gasteiger partial charge in [-0.05, 0) is 49.9 Å². The maximum atomic E-state index is 8.77. The first-order valence-corrected chi connectivity index (χ1v) is 5.51. The summed E-state index contributed by atoms with van der Waals surface area (Å²) in [4.78, 5) is 0. The molecule has 3 aliphatic carbocycles. The van der Waals surface area contributed by atoms with E-state index < -0.39 is 0 Å². The summed E-state index contributed by atoms with van der Waals surface area (Å²) >= 11 is 0. The summed E-state index contributed by atoms with van der Waals surface area (Å²) in [5.41, 5.74) is 0. The van der Waals surface area contributed by atoms with E-state index in [1.54, 1.807) is 0 Å². The summed E-state index contributed by atoms with van der Waals surface area (Å²) in [6.45, 7) is 0.397. The van der Waals surface area contributed by atoms with E-state index in [2.05, 4.69) is 0 Å². The van der Waals surface area contributed by atoms with Crippen molar-refractivity contribution in [3.05, 3.63) is 0 Å². The topological polar surface area (TPSA) is 20.2 Å². The Morgan fingerprint density at radius 2 is 1.83 bits per heavy atom. The fraction of sp³-hybridized carbons (Fsp3) is 1.00. The molecular weight excluding hydrogens is 148 g/mol. The SMILES string of the molecule is OCCCC1CC2CCC1CC2. The summed E-state index contributed by atoms with van der Waals surface area (Å²) in [6, 6.07) is 0. The van der Waals surface area contributed by atoms with E-state index in [1.165, 1.54) is 38.5 Å². The van der Waals surface area contributed by atoms with Gasteiger partial charge in [0.1, 0.15) is 0 Å². The Kier molecular flexibility index (Phi) is 2.69. The van der Waals surface area contributed by atoms with Crippen molar-refractivity contribution in [2.24, 2.45) is 17.8 Å². The van der Waals surface area contributed by atoms with Crippen LogP contribution in [0.15, 0.2) is 0 Å². The van der Waals surface area contributed by atoms with Crippen LogP contribution < -0.4 is 0 Å². The smallest absolute Gasteiger partial charge is 0.0431 e. The van der Waals surface area contributed by atoms with Crippen molar-refractivity contribution in [3.8, 4) is 0 Å². The van der Waals surface area contributed by atoms with Gasteiger partial charge in [0.25, 0.3) is 0 Å². The second-order valence-electron chi connectivity index (χ2n) is 4.64. The molecule has 70 valence electrons. The number of aliphatic hydroxyl groups is 1. The number of fused-ring (bicyclic) bond motifs is 3. The zero-order valence-electron chi connectivity index (χ0n) is 7.84. The van der Waals surface area contributed by atoms with Crippen LogP contribution in [0.25, 0.3) is 0 Å². The number of hydrogen-bond acceptors (Lipinski definition) is 1. The molecule has 2 bridgehead atoms. The van der Waals surface area contributed by atoms with E-state index in [0.29, 0.717) is 6.61 Å². The zero-order valence-corrected chi connectivity index (χ0v) is 7.84. The summed E-state index contributed by atoms with van der Waals surface area (Å²) in [5, 5.41) is 8.77. The molecular formula is C11H20O. The highest BCUT2D eigenvalue weighted by atomic mass is 16.2. The van der Waals surface area contributed by atoms with Gasteiger partial charge in [0, 0.05) is 6.61 Å². The Morgan fingerprint density at radius 1 is 1.08 bits per heavy atom. The van der Waals surface area contributed by atoms with E-state index >= 15 is 0 Å². The van der Waals surface area contributed by atoms with Gasteiger partial charge in [0.15, 0.2) is 0 Å². The number of aliphatic hydroxyl groups excluding tert-OH is 1. The average Bonchev–Trinajstić information content (AvgIpc) is 2.17. The first-order chi connectivity index (χ1) is 5.90. The number of rotatable bonds is 3. The molecule has 0 aliphatic heterocycles. The predicted molar refractivity (Wildman–Crippen MR) is 49.9 cm³/mol. The van der Waals surface area contributed by atoms with Crippen molar-refractivity contribution in [2.45, 2.75) is 44.9 Å². The number of hydrogen-bond donors (Lipinski definition) is 1. The molecule has 0 amide bonds. The van der Waals surface area contributed by atoms with Crippen molar-refractivity contribution in [1.82, 2.24) is 0 Å². The largest absolute Gasteiger partial charge is 0.396 e. The van der Waals surface area contributed by atoms with Crippen LogP contribution in [-0.2, 0) is 0 Å². The maximum absolute atomic E-state index is 8.77. The molecule has 3 saturated carbocycles. The lowest BCUT2D eigenvalue weighted by molar-refractivity contribution is 0.0871. The minimum absolute atomic E-state index is 0.397. The van der Waals surface area contributed by atoms with E-state index in [-0.39, 0.29) is 0 Å². The van der Waals surface area contributed by atoms with Crippen LogP contribution >= 0.6 is 0 Å². The van der Waals surface area contributed by atoms with Crippen molar-refractivity contribution in [3.63, 3.8) is 0 Å². The molecule has 0 aromatic rings. The Labute approximate surface area is 75.2 Å². The van der Waals surface area contributed by atoms with Gasteiger partial charge < -0.3 is 5.11 Å². The van der Waals surface area contributed by atoms with Gasteiger partial charge in [-0.2, -0.15) is 0 Å². The van der Waals surface area contributed by atoms with Gasteiger partial charge in [0.05, 0.1) is 0 Å². The van der Waals surface area contributed by atoms with Gasteiger partial charge in [-0.25, -0.2) is 0 Å². The molecule has 1 unspecified atom stereocenters. The highest BCUT2D eigenvalue weighted by Crippen LogP contribution is 2.46. The summed E-state index contributed by atoms with van der Waals surface area (Å²) in [7, 11) is 0. The summed E-state index contributed by atoms with van der Waals surface area (Å²) < 4.78 is 0. The average molecular weight is 168 g/mol. The van der Waals surface area contributed by atoms with Crippen molar-refractivity contribution in [2.75, 3.05) is 6.61 Å². The highest BCUT2D eigenvalue weighted by molar-refractivity contribution is 4.85. The first-order valence-electron chi connectivity index (χ1n) is 5.51. The standard InChI is InChI=1S/C11H20O/c12-7-1-2-11-8-9-3-5-10(11)6-4-9/h9-12H,1-8H2. The molecule has 12 heavy (non-hydrogen) atoms. The van der Waals surface area contributed by atoms with Crippen molar-refractivity contribution in [1.29, 1.82) is 0 Å². The van der Waals surface area contributed by atoms with Crippen LogP contribution in [0.3, 0.4) is 0 Å². The lowest BCUT2D eigenvalue weighted by Gasteiger charge is -2.42. The molecule has 0 radical (unpaired) electrons. The molecule has 1 atom stereocenters. The summed E-state index contributed by atoms with van der Waals surface area (Å²) in [6.07, 6.45) is 9.78. The molecule has 0 heterocycles. The highest BCUT2D eigenvalue weighted by Gasteiger charge is 2.34. The zero-order chi connectivity index (χ0) is 8.39. The Balaban J connectivity index is 1.82. The lowest BCUT2D eigenvalue weighted by Crippen LogP contribution is -2.31. The molecule has 3 aliphatic rings.